The summed E-state index contributed by atoms with van der Waals surface area (Å²) in [5, 5.41) is 7.37. The van der Waals surface area contributed by atoms with Gasteiger partial charge in [-0.3, -0.25) is 9.59 Å². The van der Waals surface area contributed by atoms with E-state index >= 15 is 0 Å². The Hall–Kier alpha value is -1.84. The number of likely N-dealkylation sites (tertiary alicyclic amines) is 2. The van der Waals surface area contributed by atoms with Gasteiger partial charge in [0, 0.05) is 52.5 Å². The van der Waals surface area contributed by atoms with E-state index in [9.17, 15) is 9.59 Å². The van der Waals surface area contributed by atoms with Gasteiger partial charge >= 0.3 is 11.9 Å². The first-order valence-electron chi connectivity index (χ1n) is 32.8. The van der Waals surface area contributed by atoms with Crippen molar-refractivity contribution in [3.05, 3.63) is 0 Å². The van der Waals surface area contributed by atoms with Gasteiger partial charge in [0.05, 0.1) is 38.3 Å². The van der Waals surface area contributed by atoms with Crippen molar-refractivity contribution in [1.29, 1.82) is 0 Å². The third-order valence-corrected chi connectivity index (χ3v) is 16.5. The summed E-state index contributed by atoms with van der Waals surface area (Å²) in [6.07, 6.45) is 38.9. The Bertz CT molecular complexity index is 1330. The summed E-state index contributed by atoms with van der Waals surface area (Å²) >= 11 is 11.6. The minimum absolute atomic E-state index is 0.00933. The molecule has 78 heavy (non-hydrogen) atoms. The number of unbranched alkanes of at least 4 members (excludes halogenated alkanes) is 22. The molecule has 0 aromatic rings. The van der Waals surface area contributed by atoms with Crippen LogP contribution in [0.25, 0.3) is 0 Å². The Labute approximate surface area is 490 Å². The molecule has 2 aliphatic rings. The second-order valence-electron chi connectivity index (χ2n) is 23.7. The predicted octanol–water partition coefficient (Wildman–Crippen LogP) is 15.1. The van der Waals surface area contributed by atoms with E-state index in [-0.39, 0.29) is 37.0 Å². The number of hydrogen-bond acceptors (Lipinski definition) is 12. The number of thiocarbonyl (C=S) groups is 2. The van der Waals surface area contributed by atoms with Gasteiger partial charge in [-0.2, -0.15) is 0 Å². The zero-order chi connectivity index (χ0) is 56.5. The van der Waals surface area contributed by atoms with Crippen molar-refractivity contribution in [1.82, 2.24) is 20.4 Å². The molecule has 12 nitrogen and oxygen atoms in total. The van der Waals surface area contributed by atoms with Gasteiger partial charge in [0.25, 0.3) is 10.3 Å². The molecule has 0 aromatic carbocycles. The summed E-state index contributed by atoms with van der Waals surface area (Å²) in [5.41, 5.74) is 0. The van der Waals surface area contributed by atoms with Gasteiger partial charge in [0.2, 0.25) is 0 Å². The Balaban J connectivity index is 1.92. The first-order chi connectivity index (χ1) is 38.1. The van der Waals surface area contributed by atoms with Crippen LogP contribution in [0.4, 0.5) is 0 Å². The minimum atomic E-state index is -0.549. The average molecular weight is 1140 g/mol. The van der Waals surface area contributed by atoms with Crippen molar-refractivity contribution < 1.29 is 38.0 Å². The first kappa shape index (κ1) is 72.3. The summed E-state index contributed by atoms with van der Waals surface area (Å²) in [6.45, 7) is 17.7. The van der Waals surface area contributed by atoms with Crippen molar-refractivity contribution in [3.8, 4) is 0 Å². The maximum atomic E-state index is 13.2. The molecular weight excluding hydrogens is 1020 g/mol. The van der Waals surface area contributed by atoms with Crippen molar-refractivity contribution in [2.45, 2.75) is 271 Å². The molecule has 0 bridgehead atoms. The van der Waals surface area contributed by atoms with E-state index in [1.807, 2.05) is 0 Å². The highest BCUT2D eigenvalue weighted by Crippen LogP contribution is 2.24. The van der Waals surface area contributed by atoms with Crippen LogP contribution in [0.15, 0.2) is 0 Å². The Morgan fingerprint density at radius 2 is 0.718 bits per heavy atom. The third-order valence-electron chi connectivity index (χ3n) is 16.0. The maximum Gasteiger partial charge on any atom is 0.308 e. The molecule has 2 saturated heterocycles. The van der Waals surface area contributed by atoms with E-state index in [0.29, 0.717) is 36.8 Å². The van der Waals surface area contributed by atoms with Crippen LogP contribution in [0.5, 0.6) is 0 Å². The highest BCUT2D eigenvalue weighted by Gasteiger charge is 2.29. The van der Waals surface area contributed by atoms with Crippen LogP contribution in [0.1, 0.15) is 259 Å². The second kappa shape index (κ2) is 50.9. The fourth-order valence-corrected chi connectivity index (χ4v) is 11.5. The molecule has 0 amide bonds. The minimum Gasteiger partial charge on any atom is -0.465 e. The lowest BCUT2D eigenvalue weighted by Gasteiger charge is -2.36. The zero-order valence-corrected chi connectivity index (χ0v) is 53.0. The topological polar surface area (TPSA) is 120 Å². The Morgan fingerprint density at radius 3 is 1.05 bits per heavy atom. The van der Waals surface area contributed by atoms with Crippen LogP contribution in [0.3, 0.4) is 0 Å². The molecule has 14 heteroatoms. The number of carbonyl (C=O) groups is 2. The summed E-state index contributed by atoms with van der Waals surface area (Å²) in [7, 11) is 4.34. The lowest BCUT2D eigenvalue weighted by atomic mass is 9.94. The van der Waals surface area contributed by atoms with Gasteiger partial charge in [-0.05, 0) is 140 Å². The fourth-order valence-electron chi connectivity index (χ4n) is 11.0. The van der Waals surface area contributed by atoms with E-state index in [2.05, 4.69) is 62.2 Å². The van der Waals surface area contributed by atoms with Crippen molar-refractivity contribution in [3.63, 3.8) is 0 Å². The van der Waals surface area contributed by atoms with Crippen molar-refractivity contribution in [2.75, 3.05) is 93.0 Å². The molecule has 2 heterocycles. The van der Waals surface area contributed by atoms with Crippen LogP contribution < -0.4 is 10.6 Å². The SMILES string of the molecule is CCCCCCCCC(CCCCCC)C(=O)OCCCCCCOCC(OC(=S)NCCCC1CN(C)C1)C(COCCCCCCOC(=O)C(CCCCCC)CCCCCCCC)OC(=S)NCCCC1CN(C)C1. The lowest BCUT2D eigenvalue weighted by Crippen LogP contribution is -2.46. The molecule has 0 radical (unpaired) electrons. The molecule has 0 aromatic heterocycles. The molecule has 4 atom stereocenters. The van der Waals surface area contributed by atoms with Crippen LogP contribution >= 0.6 is 24.4 Å². The second-order valence-corrected chi connectivity index (χ2v) is 24.5. The average Bonchev–Trinajstić information content (AvgIpc) is 3.41. The smallest absolute Gasteiger partial charge is 0.308 e. The molecule has 0 saturated carbocycles. The molecule has 2 N–H and O–H groups in total. The summed E-state index contributed by atoms with van der Waals surface area (Å²) in [5.74, 6) is 1.59. The van der Waals surface area contributed by atoms with Gasteiger partial charge in [0.1, 0.15) is 0 Å². The number of hydrogen-bond donors (Lipinski definition) is 2. The van der Waals surface area contributed by atoms with Gasteiger partial charge < -0.3 is 48.9 Å². The number of carbonyl (C=O) groups excluding carboxylic acids is 2. The number of ether oxygens (including phenoxy) is 6. The normalized spacial score (nSPS) is 15.7. The summed E-state index contributed by atoms with van der Waals surface area (Å²) in [6, 6.07) is 0. The Morgan fingerprint density at radius 1 is 0.423 bits per heavy atom. The third kappa shape index (κ3) is 39.6. The lowest BCUT2D eigenvalue weighted by molar-refractivity contribution is -0.150. The quantitative estimate of drug-likeness (QED) is 0.0341. The number of rotatable bonds is 55. The van der Waals surface area contributed by atoms with E-state index in [1.165, 1.54) is 103 Å². The van der Waals surface area contributed by atoms with E-state index < -0.39 is 12.2 Å². The maximum absolute atomic E-state index is 13.2. The highest BCUT2D eigenvalue weighted by atomic mass is 32.1. The molecule has 458 valence electrons. The molecular formula is C64H122N4O8S2. The standard InChI is InChI=1S/C64H122N4O8S2/c1-7-11-15-19-21-29-41-57(39-27-17-13-9-3)61(69)73-47-33-25-23-31-45-71-53-59(75-63(77)65-43-35-37-55-49-67(5)50-55)60(76-64(78)66-44-36-38-56-51-68(6)52-56)54-72-46-32-24-26-34-48-74-62(70)58(40-28-18-14-10-4)42-30-22-20-16-12-8-2/h55-60H,7-54H2,1-6H3,(H,65,77)(H,66,78). The fraction of sp³-hybridized carbons (Fsp3) is 0.938. The summed E-state index contributed by atoms with van der Waals surface area (Å²) < 4.78 is 37.4. The van der Waals surface area contributed by atoms with E-state index in [0.717, 1.165) is 180 Å². The molecule has 0 aliphatic carbocycles. The first-order valence-corrected chi connectivity index (χ1v) is 33.7. The van der Waals surface area contributed by atoms with Crippen LogP contribution in [0, 0.1) is 23.7 Å². The zero-order valence-electron chi connectivity index (χ0n) is 51.4. The number of esters is 2. The number of nitrogens with one attached hydrogen (secondary N) is 2. The largest absolute Gasteiger partial charge is 0.465 e. The molecule has 2 rings (SSSR count). The predicted molar refractivity (Wildman–Crippen MR) is 332 cm³/mol. The van der Waals surface area contributed by atoms with Gasteiger partial charge in [-0.25, -0.2) is 0 Å². The van der Waals surface area contributed by atoms with Crippen LogP contribution in [-0.4, -0.2) is 137 Å². The Kier molecular flexibility index (Phi) is 47.1. The van der Waals surface area contributed by atoms with Gasteiger partial charge in [-0.1, -0.05) is 169 Å². The van der Waals surface area contributed by atoms with Crippen LogP contribution in [0.2, 0.25) is 0 Å². The molecule has 2 aliphatic heterocycles. The van der Waals surface area contributed by atoms with Gasteiger partial charge in [0.15, 0.2) is 12.2 Å². The van der Waals surface area contributed by atoms with Crippen molar-refractivity contribution >= 4 is 46.7 Å². The molecule has 4 unspecified atom stereocenters. The molecule has 2 fully saturated rings. The van der Waals surface area contributed by atoms with E-state index in [1.54, 1.807) is 0 Å². The van der Waals surface area contributed by atoms with Gasteiger partial charge in [-0.15, -0.1) is 0 Å². The summed E-state index contributed by atoms with van der Waals surface area (Å²) in [4.78, 5) is 31.1. The number of nitrogens with zero attached hydrogens (tertiary/aromatic N) is 2. The van der Waals surface area contributed by atoms with Crippen LogP contribution in [-0.2, 0) is 38.0 Å². The monoisotopic (exact) mass is 1140 g/mol. The highest BCUT2D eigenvalue weighted by molar-refractivity contribution is 7.80. The van der Waals surface area contributed by atoms with Crippen molar-refractivity contribution in [2.24, 2.45) is 23.7 Å². The molecule has 0 spiro atoms. The van der Waals surface area contributed by atoms with E-state index in [4.69, 9.17) is 52.9 Å².